The number of nitrogens with zero attached hydrogens (tertiary/aromatic N) is 6. The van der Waals surface area contributed by atoms with E-state index in [9.17, 15) is 0 Å². The predicted molar refractivity (Wildman–Crippen MR) is 198 cm³/mol. The highest BCUT2D eigenvalue weighted by molar-refractivity contribution is 8.00. The second-order valence-electron chi connectivity index (χ2n) is 11.6. The molecule has 0 fully saturated rings. The molecule has 0 aromatic heterocycles. The molecule has 8 heteroatoms. The summed E-state index contributed by atoms with van der Waals surface area (Å²) in [4.78, 5) is 28.7. The van der Waals surface area contributed by atoms with E-state index in [-0.39, 0.29) is 0 Å². The summed E-state index contributed by atoms with van der Waals surface area (Å²) in [6.07, 6.45) is 0. The Bertz CT molecular complexity index is 2150. The Morgan fingerprint density at radius 1 is 0.312 bits per heavy atom. The first-order valence-corrected chi connectivity index (χ1v) is 17.3. The molecule has 0 saturated carbocycles. The summed E-state index contributed by atoms with van der Waals surface area (Å²) >= 11 is 3.62. The Morgan fingerprint density at radius 3 is 0.938 bits per heavy atom. The fourth-order valence-corrected chi connectivity index (χ4v) is 8.56. The monoisotopic (exact) mass is 652 g/mol. The van der Waals surface area contributed by atoms with E-state index in [0.717, 1.165) is 22.5 Å². The first-order valence-electron chi connectivity index (χ1n) is 15.6. The molecule has 226 valence electrons. The Morgan fingerprint density at radius 2 is 0.604 bits per heavy atom. The molecule has 0 spiro atoms. The number of fused-ring (bicyclic) bond motifs is 5. The van der Waals surface area contributed by atoms with Crippen LogP contribution in [0, 0.1) is 0 Å². The van der Waals surface area contributed by atoms with E-state index in [1.54, 1.807) is 0 Å². The average Bonchev–Trinajstić information content (AvgIpc) is 3.73. The summed E-state index contributed by atoms with van der Waals surface area (Å²) in [7, 11) is 0. The molecular formula is C40H24N6S2. The molecule has 0 amide bonds. The number of rotatable bonds is 4. The van der Waals surface area contributed by atoms with E-state index in [1.165, 1.54) is 42.3 Å². The van der Waals surface area contributed by atoms with Gasteiger partial charge in [0.25, 0.3) is 0 Å². The quantitative estimate of drug-likeness (QED) is 0.190. The second-order valence-corrected chi connectivity index (χ2v) is 13.7. The predicted octanol–water partition coefficient (Wildman–Crippen LogP) is 10.6. The average molecular weight is 653 g/mol. The van der Waals surface area contributed by atoms with Crippen LogP contribution >= 0.6 is 23.5 Å². The number of para-hydroxylation sites is 4. The highest BCUT2D eigenvalue weighted by Crippen LogP contribution is 2.52. The highest BCUT2D eigenvalue weighted by atomic mass is 32.2. The summed E-state index contributed by atoms with van der Waals surface area (Å²) in [6.45, 7) is 0. The van der Waals surface area contributed by atoms with Crippen LogP contribution in [-0.4, -0.2) is 23.3 Å². The Balaban J connectivity index is 0.907. The van der Waals surface area contributed by atoms with E-state index < -0.39 is 0 Å². The van der Waals surface area contributed by atoms with Crippen molar-refractivity contribution in [1.82, 2.24) is 0 Å². The zero-order chi connectivity index (χ0) is 31.6. The molecule has 0 radical (unpaired) electrons. The van der Waals surface area contributed by atoms with Gasteiger partial charge in [0.05, 0.1) is 22.7 Å². The molecule has 10 rings (SSSR count). The molecule has 0 atom stereocenters. The van der Waals surface area contributed by atoms with Crippen LogP contribution in [0.3, 0.4) is 0 Å². The molecule has 6 aromatic rings. The third-order valence-electron chi connectivity index (χ3n) is 8.68. The lowest BCUT2D eigenvalue weighted by atomic mass is 10.1. The van der Waals surface area contributed by atoms with Crippen molar-refractivity contribution in [1.29, 1.82) is 0 Å². The number of hydrogen-bond acceptors (Lipinski definition) is 8. The van der Waals surface area contributed by atoms with Gasteiger partial charge < -0.3 is 9.80 Å². The minimum Gasteiger partial charge on any atom is -0.308 e. The van der Waals surface area contributed by atoms with Gasteiger partial charge >= 0.3 is 0 Å². The van der Waals surface area contributed by atoms with E-state index in [1.807, 2.05) is 23.5 Å². The fourth-order valence-electron chi connectivity index (χ4n) is 6.44. The van der Waals surface area contributed by atoms with Crippen LogP contribution in [0.2, 0.25) is 0 Å². The van der Waals surface area contributed by atoms with Gasteiger partial charge in [0.1, 0.15) is 0 Å². The minimum atomic E-state index is 0.556. The summed E-state index contributed by atoms with van der Waals surface area (Å²) in [5, 5.41) is 0. The summed E-state index contributed by atoms with van der Waals surface area (Å²) in [6, 6.07) is 50.9. The third kappa shape index (κ3) is 4.45. The number of hydrogen-bond donors (Lipinski definition) is 0. The van der Waals surface area contributed by atoms with Crippen molar-refractivity contribution >= 4 is 81.0 Å². The number of aliphatic imine (C=N–C) groups is 4. The molecule has 48 heavy (non-hydrogen) atoms. The van der Waals surface area contributed by atoms with Crippen LogP contribution in [0.15, 0.2) is 185 Å². The van der Waals surface area contributed by atoms with Crippen LogP contribution in [-0.2, 0) is 0 Å². The Kier molecular flexibility index (Phi) is 6.25. The maximum Gasteiger partial charge on any atom is 0.202 e. The fraction of sp³-hybridized carbons (Fsp3) is 0. The van der Waals surface area contributed by atoms with Crippen molar-refractivity contribution in [2.45, 2.75) is 19.6 Å². The number of anilines is 6. The molecule has 0 saturated heterocycles. The zero-order valence-corrected chi connectivity index (χ0v) is 27.0. The van der Waals surface area contributed by atoms with E-state index >= 15 is 0 Å². The van der Waals surface area contributed by atoms with Crippen molar-refractivity contribution in [3.05, 3.63) is 157 Å². The van der Waals surface area contributed by atoms with Crippen molar-refractivity contribution in [2.75, 3.05) is 9.80 Å². The molecular weight excluding hydrogens is 629 g/mol. The Hall–Kier alpha value is -5.70. The number of benzene rings is 6. The highest BCUT2D eigenvalue weighted by Gasteiger charge is 2.28. The summed E-state index contributed by atoms with van der Waals surface area (Å²) in [5.74, 6) is 2.37. The van der Waals surface area contributed by atoms with Gasteiger partial charge in [-0.3, -0.25) is 0 Å². The Labute approximate surface area is 286 Å². The SMILES string of the molecule is c1ccc2c(c1)Sc1ccccc1N2c1ccc(C2=NC3=NC(c4ccc(N5c6ccccc6Sc6ccccc65)cc4)=NC3=N2)cc1. The van der Waals surface area contributed by atoms with Gasteiger partial charge in [-0.15, -0.1) is 0 Å². The molecule has 4 heterocycles. The molecule has 6 aromatic carbocycles. The van der Waals surface area contributed by atoms with Gasteiger partial charge in [-0.05, 0) is 97.1 Å². The third-order valence-corrected chi connectivity index (χ3v) is 10.9. The lowest BCUT2D eigenvalue weighted by Crippen LogP contribution is -2.14. The van der Waals surface area contributed by atoms with Crippen LogP contribution in [0.5, 0.6) is 0 Å². The smallest absolute Gasteiger partial charge is 0.202 e. The normalized spacial score (nSPS) is 15.3. The maximum atomic E-state index is 4.77. The van der Waals surface area contributed by atoms with Gasteiger partial charge in [0, 0.05) is 42.1 Å². The standard InChI is InChI=1S/C40H24N6S2/c1-5-13-33-29(9-1)45(30-10-2-6-14-34(30)47-33)27-21-17-25(18-22-27)37-41-39-40(42-37)44-38(43-39)26-19-23-28(24-20-26)46-31-11-3-7-15-35(31)48-36-16-8-4-12-32(36)46/h1-24H. The van der Waals surface area contributed by atoms with Gasteiger partial charge in [-0.1, -0.05) is 72.1 Å². The van der Waals surface area contributed by atoms with Gasteiger partial charge in [-0.2, -0.15) is 0 Å². The van der Waals surface area contributed by atoms with Crippen molar-refractivity contribution in [3.8, 4) is 0 Å². The molecule has 0 aliphatic carbocycles. The maximum absolute atomic E-state index is 4.77. The van der Waals surface area contributed by atoms with Crippen LogP contribution in [0.25, 0.3) is 0 Å². The van der Waals surface area contributed by atoms with Crippen molar-refractivity contribution in [3.63, 3.8) is 0 Å². The number of amidine groups is 4. The largest absolute Gasteiger partial charge is 0.308 e. The minimum absolute atomic E-state index is 0.556. The van der Waals surface area contributed by atoms with Crippen molar-refractivity contribution in [2.24, 2.45) is 20.0 Å². The van der Waals surface area contributed by atoms with E-state index in [4.69, 9.17) is 20.0 Å². The van der Waals surface area contributed by atoms with Gasteiger partial charge in [-0.25, -0.2) is 20.0 Å². The van der Waals surface area contributed by atoms with Crippen LogP contribution < -0.4 is 9.80 Å². The molecule has 6 nitrogen and oxygen atoms in total. The lowest BCUT2D eigenvalue weighted by molar-refractivity contribution is 1.17. The molecule has 0 unspecified atom stereocenters. The molecule has 0 N–H and O–H groups in total. The lowest BCUT2D eigenvalue weighted by Gasteiger charge is -2.32. The first kappa shape index (κ1) is 27.4. The van der Waals surface area contributed by atoms with Gasteiger partial charge in [0.2, 0.25) is 11.7 Å². The molecule has 4 aliphatic rings. The zero-order valence-electron chi connectivity index (χ0n) is 25.4. The first-order chi connectivity index (χ1) is 23.8. The summed E-state index contributed by atoms with van der Waals surface area (Å²) < 4.78 is 0. The summed E-state index contributed by atoms with van der Waals surface area (Å²) in [5.41, 5.74) is 8.73. The van der Waals surface area contributed by atoms with Gasteiger partial charge in [0.15, 0.2) is 11.7 Å². The van der Waals surface area contributed by atoms with E-state index in [0.29, 0.717) is 23.3 Å². The molecule has 4 aliphatic heterocycles. The molecule has 0 bridgehead atoms. The second kappa shape index (κ2) is 10.9. The van der Waals surface area contributed by atoms with Crippen LogP contribution in [0.4, 0.5) is 34.1 Å². The van der Waals surface area contributed by atoms with Crippen molar-refractivity contribution < 1.29 is 0 Å². The van der Waals surface area contributed by atoms with E-state index in [2.05, 4.69) is 155 Å². The van der Waals surface area contributed by atoms with Crippen LogP contribution in [0.1, 0.15) is 11.1 Å². The topological polar surface area (TPSA) is 55.9 Å².